The highest BCUT2D eigenvalue weighted by Crippen LogP contribution is 2.25. The first-order valence-corrected chi connectivity index (χ1v) is 11.7. The summed E-state index contributed by atoms with van der Waals surface area (Å²) >= 11 is 0. The molecule has 1 N–H and O–H groups in total. The highest BCUT2D eigenvalue weighted by molar-refractivity contribution is 7.89. The Kier molecular flexibility index (Phi) is 7.43. The summed E-state index contributed by atoms with van der Waals surface area (Å²) in [5.74, 6) is -6.72. The van der Waals surface area contributed by atoms with Gasteiger partial charge in [0, 0.05) is 13.1 Å². The van der Waals surface area contributed by atoms with Crippen molar-refractivity contribution in [1.82, 2.24) is 4.31 Å². The molecule has 0 saturated carbocycles. The number of sulfonamides is 1. The Labute approximate surface area is 189 Å². The molecule has 2 aromatic rings. The number of ether oxygens (including phenoxy) is 1. The van der Waals surface area contributed by atoms with Crippen molar-refractivity contribution in [2.75, 3.05) is 18.4 Å². The Morgan fingerprint density at radius 2 is 1.70 bits per heavy atom. The minimum Gasteiger partial charge on any atom is -0.449 e. The van der Waals surface area contributed by atoms with Gasteiger partial charge in [-0.1, -0.05) is 12.5 Å². The number of carbonyl (C=O) groups is 2. The number of halogens is 3. The molecule has 0 radical (unpaired) electrons. The van der Waals surface area contributed by atoms with Crippen LogP contribution in [0.2, 0.25) is 0 Å². The van der Waals surface area contributed by atoms with Crippen LogP contribution in [-0.2, 0) is 19.6 Å². The Morgan fingerprint density at radius 1 is 1.03 bits per heavy atom. The standard InChI is InChI=1S/C22H23F3N2O5S/c1-13-6-7-15(12-18(13)33(30,31)27-10-4-3-5-11-27)22(29)32-14(2)21(28)26-17-9-8-16(23)19(24)20(17)25/h6-9,12,14H,3-5,10-11H2,1-2H3,(H,26,28). The van der Waals surface area contributed by atoms with Gasteiger partial charge < -0.3 is 10.1 Å². The monoisotopic (exact) mass is 484 g/mol. The van der Waals surface area contributed by atoms with Crippen molar-refractivity contribution < 1.29 is 35.9 Å². The third kappa shape index (κ3) is 5.36. The number of hydrogen-bond acceptors (Lipinski definition) is 5. The molecule has 2 aromatic carbocycles. The summed E-state index contributed by atoms with van der Waals surface area (Å²) in [6.45, 7) is 3.60. The number of nitrogens with zero attached hydrogens (tertiary/aromatic N) is 1. The van der Waals surface area contributed by atoms with Crippen molar-refractivity contribution in [3.8, 4) is 0 Å². The van der Waals surface area contributed by atoms with Crippen molar-refractivity contribution in [1.29, 1.82) is 0 Å². The summed E-state index contributed by atoms with van der Waals surface area (Å²) in [5.41, 5.74) is -0.251. The van der Waals surface area contributed by atoms with Crippen LogP contribution in [0.4, 0.5) is 18.9 Å². The first kappa shape index (κ1) is 24.7. The number of aryl methyl sites for hydroxylation is 1. The van der Waals surface area contributed by atoms with E-state index in [4.69, 9.17) is 4.74 Å². The van der Waals surface area contributed by atoms with E-state index in [1.807, 2.05) is 5.32 Å². The molecule has 0 bridgehead atoms. The van der Waals surface area contributed by atoms with Crippen LogP contribution < -0.4 is 5.32 Å². The fraction of sp³-hybridized carbons (Fsp3) is 0.364. The van der Waals surface area contributed by atoms with E-state index in [1.165, 1.54) is 29.4 Å². The van der Waals surface area contributed by atoms with Crippen LogP contribution in [0.1, 0.15) is 42.1 Å². The lowest BCUT2D eigenvalue weighted by Gasteiger charge is -2.26. The normalized spacial score (nSPS) is 15.7. The molecule has 11 heteroatoms. The van der Waals surface area contributed by atoms with Gasteiger partial charge in [0.25, 0.3) is 5.91 Å². The summed E-state index contributed by atoms with van der Waals surface area (Å²) in [7, 11) is -3.81. The van der Waals surface area contributed by atoms with Crippen molar-refractivity contribution in [2.24, 2.45) is 0 Å². The second-order valence-electron chi connectivity index (χ2n) is 7.70. The van der Waals surface area contributed by atoms with Crippen LogP contribution in [0.15, 0.2) is 35.2 Å². The Hall–Kier alpha value is -2.92. The molecule has 33 heavy (non-hydrogen) atoms. The van der Waals surface area contributed by atoms with Crippen molar-refractivity contribution >= 4 is 27.6 Å². The lowest BCUT2D eigenvalue weighted by Crippen LogP contribution is -2.36. The van der Waals surface area contributed by atoms with Crippen molar-refractivity contribution in [2.45, 2.75) is 44.1 Å². The molecule has 1 amide bonds. The Morgan fingerprint density at radius 3 is 2.36 bits per heavy atom. The molecule has 3 rings (SSSR count). The highest BCUT2D eigenvalue weighted by atomic mass is 32.2. The van der Waals surface area contributed by atoms with Crippen LogP contribution in [0, 0.1) is 24.4 Å². The summed E-state index contributed by atoms with van der Waals surface area (Å²) in [5, 5.41) is 2.02. The molecule has 7 nitrogen and oxygen atoms in total. The molecule has 1 fully saturated rings. The van der Waals surface area contributed by atoms with Gasteiger partial charge in [-0.05, 0) is 56.5 Å². The predicted molar refractivity (Wildman–Crippen MR) is 114 cm³/mol. The van der Waals surface area contributed by atoms with Gasteiger partial charge >= 0.3 is 5.97 Å². The summed E-state index contributed by atoms with van der Waals surface area (Å²) < 4.78 is 72.6. The average molecular weight is 484 g/mol. The maximum Gasteiger partial charge on any atom is 0.338 e. The SMILES string of the molecule is Cc1ccc(C(=O)OC(C)C(=O)Nc2ccc(F)c(F)c2F)cc1S(=O)(=O)N1CCCCC1. The van der Waals surface area contributed by atoms with E-state index in [0.717, 1.165) is 25.3 Å². The van der Waals surface area contributed by atoms with Crippen LogP contribution >= 0.6 is 0 Å². The summed E-state index contributed by atoms with van der Waals surface area (Å²) in [4.78, 5) is 24.8. The fourth-order valence-corrected chi connectivity index (χ4v) is 5.16. The van der Waals surface area contributed by atoms with E-state index in [9.17, 15) is 31.2 Å². The number of nitrogens with one attached hydrogen (secondary N) is 1. The van der Waals surface area contributed by atoms with Crippen LogP contribution in [0.5, 0.6) is 0 Å². The molecule has 0 aromatic heterocycles. The smallest absolute Gasteiger partial charge is 0.338 e. The topological polar surface area (TPSA) is 92.8 Å². The maximum atomic E-state index is 13.8. The van der Waals surface area contributed by atoms with E-state index < -0.39 is 51.1 Å². The van der Waals surface area contributed by atoms with Crippen LogP contribution in [-0.4, -0.2) is 43.8 Å². The van der Waals surface area contributed by atoms with Gasteiger partial charge in [0.1, 0.15) is 0 Å². The van der Waals surface area contributed by atoms with Gasteiger partial charge in [0.15, 0.2) is 23.6 Å². The summed E-state index contributed by atoms with van der Waals surface area (Å²) in [6, 6.07) is 5.50. The molecular weight excluding hydrogens is 461 g/mol. The number of hydrogen-bond donors (Lipinski definition) is 1. The number of carbonyl (C=O) groups excluding carboxylic acids is 2. The molecular formula is C22H23F3N2O5S. The number of amides is 1. The lowest BCUT2D eigenvalue weighted by molar-refractivity contribution is -0.123. The number of benzene rings is 2. The Balaban J connectivity index is 1.74. The first-order chi connectivity index (χ1) is 15.5. The summed E-state index contributed by atoms with van der Waals surface area (Å²) in [6.07, 6.45) is 1.02. The molecule has 1 aliphatic rings. The van der Waals surface area contributed by atoms with Crippen molar-refractivity contribution in [3.05, 3.63) is 58.9 Å². The second-order valence-corrected chi connectivity index (χ2v) is 9.61. The molecule has 0 aliphatic carbocycles. The van der Waals surface area contributed by atoms with Gasteiger partial charge in [-0.2, -0.15) is 4.31 Å². The molecule has 1 heterocycles. The molecule has 0 spiro atoms. The average Bonchev–Trinajstić information content (AvgIpc) is 2.80. The van der Waals surface area contributed by atoms with E-state index >= 15 is 0 Å². The zero-order valence-electron chi connectivity index (χ0n) is 18.0. The number of esters is 1. The lowest BCUT2D eigenvalue weighted by atomic mass is 10.1. The minimum absolute atomic E-state index is 0.0280. The fourth-order valence-electron chi connectivity index (χ4n) is 3.39. The van der Waals surface area contributed by atoms with Gasteiger partial charge in [-0.3, -0.25) is 4.79 Å². The van der Waals surface area contributed by atoms with Crippen LogP contribution in [0.3, 0.4) is 0 Å². The minimum atomic E-state index is -3.81. The number of anilines is 1. The first-order valence-electron chi connectivity index (χ1n) is 10.3. The molecule has 1 unspecified atom stereocenters. The number of piperidine rings is 1. The highest BCUT2D eigenvalue weighted by Gasteiger charge is 2.29. The predicted octanol–water partition coefficient (Wildman–Crippen LogP) is 3.77. The van der Waals surface area contributed by atoms with Gasteiger partial charge in [0.2, 0.25) is 10.0 Å². The zero-order chi connectivity index (χ0) is 24.3. The van der Waals surface area contributed by atoms with E-state index in [2.05, 4.69) is 0 Å². The van der Waals surface area contributed by atoms with Gasteiger partial charge in [-0.15, -0.1) is 0 Å². The molecule has 1 atom stereocenters. The second kappa shape index (κ2) is 9.92. The van der Waals surface area contributed by atoms with Gasteiger partial charge in [-0.25, -0.2) is 26.4 Å². The third-order valence-corrected chi connectivity index (χ3v) is 7.34. The zero-order valence-corrected chi connectivity index (χ0v) is 18.8. The van der Waals surface area contributed by atoms with Gasteiger partial charge in [0.05, 0.1) is 16.1 Å². The molecule has 178 valence electrons. The Bertz CT molecular complexity index is 1180. The maximum absolute atomic E-state index is 13.8. The van der Waals surface area contributed by atoms with E-state index in [-0.39, 0.29) is 10.5 Å². The van der Waals surface area contributed by atoms with Crippen molar-refractivity contribution in [3.63, 3.8) is 0 Å². The quantitative estimate of drug-likeness (QED) is 0.498. The molecule has 1 saturated heterocycles. The van der Waals surface area contributed by atoms with E-state index in [1.54, 1.807) is 6.92 Å². The third-order valence-electron chi connectivity index (χ3n) is 5.30. The largest absolute Gasteiger partial charge is 0.449 e. The van der Waals surface area contributed by atoms with Crippen LogP contribution in [0.25, 0.3) is 0 Å². The van der Waals surface area contributed by atoms with E-state index in [0.29, 0.717) is 24.7 Å². The number of rotatable bonds is 6. The molecule has 1 aliphatic heterocycles.